The van der Waals surface area contributed by atoms with Crippen molar-refractivity contribution in [3.63, 3.8) is 0 Å². The van der Waals surface area contributed by atoms with E-state index >= 15 is 0 Å². The fourth-order valence-corrected chi connectivity index (χ4v) is 4.84. The van der Waals surface area contributed by atoms with E-state index in [0.717, 1.165) is 11.4 Å². The molecular formula is C18H24N4O2S. The van der Waals surface area contributed by atoms with Gasteiger partial charge in [0.2, 0.25) is 5.95 Å². The van der Waals surface area contributed by atoms with Crippen LogP contribution >= 0.6 is 0 Å². The summed E-state index contributed by atoms with van der Waals surface area (Å²) in [6.45, 7) is 6.65. The van der Waals surface area contributed by atoms with Crippen LogP contribution in [0.15, 0.2) is 30.3 Å². The molecule has 1 atom stereocenters. The predicted octanol–water partition coefficient (Wildman–Crippen LogP) is 2.85. The Balaban J connectivity index is 1.86. The minimum absolute atomic E-state index is 0.0518. The van der Waals surface area contributed by atoms with Gasteiger partial charge in [-0.25, -0.2) is 13.4 Å². The normalized spacial score (nSPS) is 18.9. The van der Waals surface area contributed by atoms with Gasteiger partial charge < -0.3 is 10.2 Å². The first-order valence-electron chi connectivity index (χ1n) is 8.53. The molecule has 1 N–H and O–H groups in total. The summed E-state index contributed by atoms with van der Waals surface area (Å²) in [5.41, 5.74) is 3.00. The molecule has 2 aromatic rings. The van der Waals surface area contributed by atoms with Gasteiger partial charge in [-0.15, -0.1) is 0 Å². The Morgan fingerprint density at radius 1 is 1.20 bits per heavy atom. The molecule has 0 spiro atoms. The minimum atomic E-state index is -2.94. The molecule has 0 amide bonds. The lowest BCUT2D eigenvalue weighted by molar-refractivity contribution is 0.599. The fourth-order valence-electron chi connectivity index (χ4n) is 3.11. The molecule has 25 heavy (non-hydrogen) atoms. The quantitative estimate of drug-likeness (QED) is 0.884. The molecule has 7 heteroatoms. The van der Waals surface area contributed by atoms with Gasteiger partial charge in [0.15, 0.2) is 9.84 Å². The van der Waals surface area contributed by atoms with Crippen molar-refractivity contribution in [1.29, 1.82) is 0 Å². The van der Waals surface area contributed by atoms with Crippen molar-refractivity contribution in [3.05, 3.63) is 41.6 Å². The number of benzene rings is 1. The molecule has 6 nitrogen and oxygen atoms in total. The van der Waals surface area contributed by atoms with Gasteiger partial charge in [0.1, 0.15) is 5.82 Å². The van der Waals surface area contributed by atoms with E-state index in [0.29, 0.717) is 24.7 Å². The van der Waals surface area contributed by atoms with Gasteiger partial charge in [-0.1, -0.05) is 17.7 Å². The summed E-state index contributed by atoms with van der Waals surface area (Å²) in [7, 11) is -2.94. The number of aryl methyl sites for hydroxylation is 2. The summed E-state index contributed by atoms with van der Waals surface area (Å²) in [6.07, 6.45) is 0.633. The van der Waals surface area contributed by atoms with E-state index in [1.807, 2.05) is 56.0 Å². The Bertz CT molecular complexity index is 850. The molecule has 0 radical (unpaired) electrons. The van der Waals surface area contributed by atoms with Crippen LogP contribution in [0.25, 0.3) is 0 Å². The number of aromatic nitrogens is 2. The van der Waals surface area contributed by atoms with Crippen LogP contribution in [0.2, 0.25) is 0 Å². The highest BCUT2D eigenvalue weighted by atomic mass is 32.2. The largest absolute Gasteiger partial charge is 0.340 e. The highest BCUT2D eigenvalue weighted by Gasteiger charge is 2.33. The second-order valence-corrected chi connectivity index (χ2v) is 8.76. The van der Waals surface area contributed by atoms with Gasteiger partial charge in [-0.3, -0.25) is 0 Å². The van der Waals surface area contributed by atoms with E-state index in [2.05, 4.69) is 15.3 Å². The first-order chi connectivity index (χ1) is 11.9. The molecule has 1 aliphatic heterocycles. The van der Waals surface area contributed by atoms with E-state index in [9.17, 15) is 8.42 Å². The molecule has 1 aromatic carbocycles. The van der Waals surface area contributed by atoms with Crippen molar-refractivity contribution in [2.45, 2.75) is 33.2 Å². The van der Waals surface area contributed by atoms with E-state index in [1.165, 1.54) is 5.56 Å². The standard InChI is InChI=1S/C18H24N4O2S/c1-4-22(16-9-10-25(23,24)12-16)18-19-14(3)11-17(21-18)20-15-7-5-13(2)6-8-15/h5-8,11,16H,4,9-10,12H2,1-3H3,(H,19,20,21). The van der Waals surface area contributed by atoms with Crippen LogP contribution in [0.4, 0.5) is 17.5 Å². The smallest absolute Gasteiger partial charge is 0.227 e. The van der Waals surface area contributed by atoms with E-state index in [-0.39, 0.29) is 17.5 Å². The van der Waals surface area contributed by atoms with Gasteiger partial charge in [0.05, 0.1) is 11.5 Å². The second-order valence-electron chi connectivity index (χ2n) is 6.53. The van der Waals surface area contributed by atoms with Crippen molar-refractivity contribution < 1.29 is 8.42 Å². The maximum atomic E-state index is 11.8. The van der Waals surface area contributed by atoms with Crippen molar-refractivity contribution in [1.82, 2.24) is 9.97 Å². The third-order valence-corrected chi connectivity index (χ3v) is 6.16. The van der Waals surface area contributed by atoms with Crippen LogP contribution in [0.1, 0.15) is 24.6 Å². The van der Waals surface area contributed by atoms with Crippen LogP contribution in [0.3, 0.4) is 0 Å². The lowest BCUT2D eigenvalue weighted by Gasteiger charge is -2.27. The molecule has 0 saturated carbocycles. The average molecular weight is 360 g/mol. The second kappa shape index (κ2) is 7.00. The van der Waals surface area contributed by atoms with Gasteiger partial charge >= 0.3 is 0 Å². The third kappa shape index (κ3) is 4.28. The molecular weight excluding hydrogens is 336 g/mol. The van der Waals surface area contributed by atoms with E-state index < -0.39 is 9.84 Å². The van der Waals surface area contributed by atoms with Gasteiger partial charge in [0, 0.05) is 30.0 Å². The number of rotatable bonds is 5. The predicted molar refractivity (Wildman–Crippen MR) is 101 cm³/mol. The Labute approximate surface area is 149 Å². The minimum Gasteiger partial charge on any atom is -0.340 e. The van der Waals surface area contributed by atoms with Crippen LogP contribution in [0.5, 0.6) is 0 Å². The third-order valence-electron chi connectivity index (χ3n) is 4.41. The first-order valence-corrected chi connectivity index (χ1v) is 10.3. The molecule has 1 fully saturated rings. The van der Waals surface area contributed by atoms with Gasteiger partial charge in [-0.2, -0.15) is 4.98 Å². The maximum Gasteiger partial charge on any atom is 0.227 e. The molecule has 1 aliphatic rings. The lowest BCUT2D eigenvalue weighted by atomic mass is 10.2. The summed E-state index contributed by atoms with van der Waals surface area (Å²) in [5.74, 6) is 1.72. The first kappa shape index (κ1) is 17.7. The molecule has 1 saturated heterocycles. The molecule has 134 valence electrons. The lowest BCUT2D eigenvalue weighted by Crippen LogP contribution is -2.37. The molecule has 3 rings (SSSR count). The SMILES string of the molecule is CCN(c1nc(C)cc(Nc2ccc(C)cc2)n1)C1CCS(=O)(=O)C1. The van der Waals surface area contributed by atoms with Crippen LogP contribution in [0, 0.1) is 13.8 Å². The molecule has 0 bridgehead atoms. The Kier molecular flexibility index (Phi) is 4.94. The summed E-state index contributed by atoms with van der Waals surface area (Å²) in [4.78, 5) is 11.2. The molecule has 2 heterocycles. The van der Waals surface area contributed by atoms with Gasteiger partial charge in [-0.05, 0) is 39.3 Å². The average Bonchev–Trinajstić information content (AvgIpc) is 2.90. The number of anilines is 3. The molecule has 1 aromatic heterocycles. The number of nitrogens with zero attached hydrogens (tertiary/aromatic N) is 3. The number of sulfone groups is 1. The summed E-state index contributed by atoms with van der Waals surface area (Å²) in [6, 6.07) is 9.94. The van der Waals surface area contributed by atoms with Crippen molar-refractivity contribution in [2.24, 2.45) is 0 Å². The van der Waals surface area contributed by atoms with Crippen molar-refractivity contribution in [3.8, 4) is 0 Å². The highest BCUT2D eigenvalue weighted by molar-refractivity contribution is 7.91. The molecule has 0 aliphatic carbocycles. The number of hydrogen-bond acceptors (Lipinski definition) is 6. The van der Waals surface area contributed by atoms with Gasteiger partial charge in [0.25, 0.3) is 0 Å². The van der Waals surface area contributed by atoms with E-state index in [1.54, 1.807) is 0 Å². The number of hydrogen-bond donors (Lipinski definition) is 1. The monoisotopic (exact) mass is 360 g/mol. The fraction of sp³-hybridized carbons (Fsp3) is 0.444. The molecule has 1 unspecified atom stereocenters. The summed E-state index contributed by atoms with van der Waals surface area (Å²) in [5, 5.41) is 3.30. The zero-order chi connectivity index (χ0) is 18.0. The van der Waals surface area contributed by atoms with E-state index in [4.69, 9.17) is 0 Å². The Morgan fingerprint density at radius 2 is 1.92 bits per heavy atom. The summed E-state index contributed by atoms with van der Waals surface area (Å²) >= 11 is 0. The zero-order valence-corrected chi connectivity index (χ0v) is 15.7. The number of nitrogens with one attached hydrogen (secondary N) is 1. The van der Waals surface area contributed by atoms with Crippen LogP contribution in [-0.4, -0.2) is 42.5 Å². The van der Waals surface area contributed by atoms with Crippen molar-refractivity contribution in [2.75, 3.05) is 28.3 Å². The maximum absolute atomic E-state index is 11.8. The summed E-state index contributed by atoms with van der Waals surface area (Å²) < 4.78 is 23.6. The highest BCUT2D eigenvalue weighted by Crippen LogP contribution is 2.24. The van der Waals surface area contributed by atoms with Crippen LogP contribution in [-0.2, 0) is 9.84 Å². The zero-order valence-electron chi connectivity index (χ0n) is 14.9. The topological polar surface area (TPSA) is 75.2 Å². The van der Waals surface area contributed by atoms with Crippen LogP contribution < -0.4 is 10.2 Å². The Morgan fingerprint density at radius 3 is 2.52 bits per heavy atom. The van der Waals surface area contributed by atoms with Crippen molar-refractivity contribution >= 4 is 27.3 Å². The Hall–Kier alpha value is -2.15.